The highest BCUT2D eigenvalue weighted by atomic mass is 16.5. The van der Waals surface area contributed by atoms with Crippen LogP contribution in [0.5, 0.6) is 5.75 Å². The molecule has 1 amide bonds. The number of nitrogens with one attached hydrogen (secondary N) is 1. The first-order chi connectivity index (χ1) is 8.58. The first kappa shape index (κ1) is 12.9. The number of hydrogen-bond acceptors (Lipinski definition) is 3. The second kappa shape index (κ2) is 5.40. The Balaban J connectivity index is 2.01. The van der Waals surface area contributed by atoms with E-state index in [0.717, 1.165) is 24.0 Å². The zero-order valence-electron chi connectivity index (χ0n) is 10.8. The van der Waals surface area contributed by atoms with Gasteiger partial charge in [0.1, 0.15) is 5.75 Å². The molecule has 0 radical (unpaired) electrons. The second-order valence-electron chi connectivity index (χ2n) is 4.89. The Labute approximate surface area is 107 Å². The summed E-state index contributed by atoms with van der Waals surface area (Å²) in [5.41, 5.74) is 1.96. The summed E-state index contributed by atoms with van der Waals surface area (Å²) < 4.78 is 5.54. The Morgan fingerprint density at radius 3 is 3.06 bits per heavy atom. The zero-order valence-corrected chi connectivity index (χ0v) is 10.8. The summed E-state index contributed by atoms with van der Waals surface area (Å²) in [7, 11) is 0. The molecule has 2 rings (SSSR count). The average Bonchev–Trinajstić information content (AvgIpc) is 2.68. The molecule has 98 valence electrons. The highest BCUT2D eigenvalue weighted by molar-refractivity contribution is 5.77. The Hall–Kier alpha value is -1.55. The minimum Gasteiger partial charge on any atom is -0.483 e. The van der Waals surface area contributed by atoms with Crippen molar-refractivity contribution in [2.75, 3.05) is 6.61 Å². The van der Waals surface area contributed by atoms with Gasteiger partial charge in [0.25, 0.3) is 5.91 Å². The first-order valence-corrected chi connectivity index (χ1v) is 6.30. The Morgan fingerprint density at radius 2 is 2.33 bits per heavy atom. The number of rotatable bonds is 4. The zero-order chi connectivity index (χ0) is 13.1. The van der Waals surface area contributed by atoms with Crippen molar-refractivity contribution < 1.29 is 14.6 Å². The number of aliphatic hydroxyl groups excluding tert-OH is 1. The molecular formula is C14H19NO3. The molecule has 0 aliphatic heterocycles. The molecule has 0 spiro atoms. The van der Waals surface area contributed by atoms with E-state index in [-0.39, 0.29) is 18.6 Å². The van der Waals surface area contributed by atoms with E-state index in [2.05, 4.69) is 5.32 Å². The number of carbonyl (C=O) groups excluding carboxylic acids is 1. The van der Waals surface area contributed by atoms with Crippen molar-refractivity contribution >= 4 is 5.91 Å². The summed E-state index contributed by atoms with van der Waals surface area (Å²) in [5.74, 6) is 0.587. The third kappa shape index (κ3) is 2.82. The normalized spacial score (nSPS) is 17.7. The molecule has 1 aromatic rings. The van der Waals surface area contributed by atoms with Crippen molar-refractivity contribution in [1.29, 1.82) is 0 Å². The van der Waals surface area contributed by atoms with Gasteiger partial charge in [0.05, 0.1) is 6.10 Å². The Kier molecular flexibility index (Phi) is 3.87. The lowest BCUT2D eigenvalue weighted by Crippen LogP contribution is -2.34. The van der Waals surface area contributed by atoms with Crippen molar-refractivity contribution in [3.05, 3.63) is 29.3 Å². The molecule has 1 aliphatic rings. The summed E-state index contributed by atoms with van der Waals surface area (Å²) >= 11 is 0. The summed E-state index contributed by atoms with van der Waals surface area (Å²) in [6.45, 7) is 3.84. The fraction of sp³-hybridized carbons (Fsp3) is 0.500. The number of benzene rings is 1. The lowest BCUT2D eigenvalue weighted by molar-refractivity contribution is -0.123. The van der Waals surface area contributed by atoms with Crippen LogP contribution in [0.15, 0.2) is 18.2 Å². The first-order valence-electron chi connectivity index (χ1n) is 6.30. The van der Waals surface area contributed by atoms with E-state index in [4.69, 9.17) is 4.74 Å². The SMILES string of the molecule is CC(C)NC(=O)COc1cccc2c1CCC2O. The number of carbonyl (C=O) groups is 1. The number of ether oxygens (including phenoxy) is 1. The van der Waals surface area contributed by atoms with E-state index >= 15 is 0 Å². The van der Waals surface area contributed by atoms with Crippen molar-refractivity contribution in [3.8, 4) is 5.75 Å². The fourth-order valence-corrected chi connectivity index (χ4v) is 2.24. The molecule has 1 unspecified atom stereocenters. The van der Waals surface area contributed by atoms with Gasteiger partial charge in [0, 0.05) is 11.6 Å². The molecule has 18 heavy (non-hydrogen) atoms. The van der Waals surface area contributed by atoms with E-state index in [0.29, 0.717) is 5.75 Å². The Morgan fingerprint density at radius 1 is 1.56 bits per heavy atom. The van der Waals surface area contributed by atoms with Crippen LogP contribution in [0.2, 0.25) is 0 Å². The van der Waals surface area contributed by atoms with Gasteiger partial charge in [-0.1, -0.05) is 12.1 Å². The number of fused-ring (bicyclic) bond motifs is 1. The van der Waals surface area contributed by atoms with Gasteiger partial charge in [-0.25, -0.2) is 0 Å². The van der Waals surface area contributed by atoms with E-state index in [1.54, 1.807) is 0 Å². The van der Waals surface area contributed by atoms with Crippen LogP contribution in [0.1, 0.15) is 37.5 Å². The number of amides is 1. The van der Waals surface area contributed by atoms with Crippen LogP contribution in [0.3, 0.4) is 0 Å². The maximum absolute atomic E-state index is 11.5. The van der Waals surface area contributed by atoms with Crippen LogP contribution in [0.4, 0.5) is 0 Å². The smallest absolute Gasteiger partial charge is 0.258 e. The van der Waals surface area contributed by atoms with Gasteiger partial charge in [0.2, 0.25) is 0 Å². The quantitative estimate of drug-likeness (QED) is 0.851. The van der Waals surface area contributed by atoms with Crippen LogP contribution in [-0.4, -0.2) is 23.7 Å². The second-order valence-corrected chi connectivity index (χ2v) is 4.89. The molecule has 0 fully saturated rings. The fourth-order valence-electron chi connectivity index (χ4n) is 2.24. The summed E-state index contributed by atoms with van der Waals surface area (Å²) in [4.78, 5) is 11.5. The summed E-state index contributed by atoms with van der Waals surface area (Å²) in [6.07, 6.45) is 1.14. The van der Waals surface area contributed by atoms with Gasteiger partial charge < -0.3 is 15.2 Å². The van der Waals surface area contributed by atoms with Gasteiger partial charge in [-0.15, -0.1) is 0 Å². The van der Waals surface area contributed by atoms with Crippen molar-refractivity contribution in [3.63, 3.8) is 0 Å². The average molecular weight is 249 g/mol. The molecule has 0 aromatic heterocycles. The monoisotopic (exact) mass is 249 g/mol. The highest BCUT2D eigenvalue weighted by Gasteiger charge is 2.23. The molecule has 4 nitrogen and oxygen atoms in total. The predicted octanol–water partition coefficient (Wildman–Crippen LogP) is 1.57. The molecule has 1 aliphatic carbocycles. The van der Waals surface area contributed by atoms with E-state index < -0.39 is 6.10 Å². The van der Waals surface area contributed by atoms with Crippen LogP contribution in [-0.2, 0) is 11.2 Å². The number of hydrogen-bond donors (Lipinski definition) is 2. The van der Waals surface area contributed by atoms with Gasteiger partial charge >= 0.3 is 0 Å². The third-order valence-corrected chi connectivity index (χ3v) is 3.00. The molecule has 0 saturated carbocycles. The van der Waals surface area contributed by atoms with Crippen molar-refractivity contribution in [2.45, 2.75) is 38.8 Å². The predicted molar refractivity (Wildman–Crippen MR) is 68.5 cm³/mol. The summed E-state index contributed by atoms with van der Waals surface area (Å²) in [5, 5.41) is 12.5. The maximum Gasteiger partial charge on any atom is 0.258 e. The van der Waals surface area contributed by atoms with E-state index in [1.165, 1.54) is 0 Å². The molecule has 1 atom stereocenters. The van der Waals surface area contributed by atoms with Crippen LogP contribution < -0.4 is 10.1 Å². The van der Waals surface area contributed by atoms with E-state index in [9.17, 15) is 9.90 Å². The highest BCUT2D eigenvalue weighted by Crippen LogP contribution is 2.36. The molecule has 0 saturated heterocycles. The van der Waals surface area contributed by atoms with Gasteiger partial charge in [-0.2, -0.15) is 0 Å². The van der Waals surface area contributed by atoms with Crippen LogP contribution >= 0.6 is 0 Å². The molecule has 0 bridgehead atoms. The molecule has 2 N–H and O–H groups in total. The van der Waals surface area contributed by atoms with E-state index in [1.807, 2.05) is 32.0 Å². The lowest BCUT2D eigenvalue weighted by atomic mass is 10.1. The number of aliphatic hydroxyl groups is 1. The van der Waals surface area contributed by atoms with Gasteiger partial charge in [-0.3, -0.25) is 4.79 Å². The van der Waals surface area contributed by atoms with Gasteiger partial charge in [0.15, 0.2) is 6.61 Å². The molecule has 0 heterocycles. The van der Waals surface area contributed by atoms with Crippen LogP contribution in [0.25, 0.3) is 0 Å². The Bertz CT molecular complexity index is 443. The molecule has 4 heteroatoms. The van der Waals surface area contributed by atoms with Crippen molar-refractivity contribution in [2.24, 2.45) is 0 Å². The third-order valence-electron chi connectivity index (χ3n) is 3.00. The minimum atomic E-state index is -0.395. The topological polar surface area (TPSA) is 58.6 Å². The molecular weight excluding hydrogens is 230 g/mol. The van der Waals surface area contributed by atoms with Crippen molar-refractivity contribution in [1.82, 2.24) is 5.32 Å². The largest absolute Gasteiger partial charge is 0.483 e. The summed E-state index contributed by atoms with van der Waals surface area (Å²) in [6, 6.07) is 5.72. The standard InChI is InChI=1S/C14H19NO3/c1-9(2)15-14(17)8-18-13-5-3-4-10-11(13)6-7-12(10)16/h3-5,9,12,16H,6-8H2,1-2H3,(H,15,17). The minimum absolute atomic E-state index is 0.0186. The van der Waals surface area contributed by atoms with Crippen LogP contribution in [0, 0.1) is 0 Å². The van der Waals surface area contributed by atoms with Gasteiger partial charge in [-0.05, 0) is 38.3 Å². The lowest BCUT2D eigenvalue weighted by Gasteiger charge is -2.12. The molecule has 1 aromatic carbocycles. The maximum atomic E-state index is 11.5.